The van der Waals surface area contributed by atoms with E-state index >= 15 is 0 Å². The van der Waals surface area contributed by atoms with Crippen LogP contribution in [0.3, 0.4) is 0 Å². The summed E-state index contributed by atoms with van der Waals surface area (Å²) >= 11 is 0. The van der Waals surface area contributed by atoms with Gasteiger partial charge in [0.25, 0.3) is 5.91 Å². The smallest absolute Gasteiger partial charge is 0.256 e. The number of carbonyl (C=O) groups is 3. The second-order valence-corrected chi connectivity index (χ2v) is 10.7. The van der Waals surface area contributed by atoms with Gasteiger partial charge in [0.2, 0.25) is 11.8 Å². The van der Waals surface area contributed by atoms with Crippen molar-refractivity contribution in [2.45, 2.75) is 71.2 Å². The number of amides is 3. The van der Waals surface area contributed by atoms with Crippen LogP contribution >= 0.6 is 0 Å². The zero-order chi connectivity index (χ0) is 24.5. The third-order valence-corrected chi connectivity index (χ3v) is 7.05. The number of likely N-dealkylation sites (tertiary alicyclic amines) is 1. The van der Waals surface area contributed by atoms with Crippen LogP contribution in [-0.2, 0) is 19.1 Å². The minimum Gasteiger partial charge on any atom is -0.376 e. The average Bonchev–Trinajstić information content (AvgIpc) is 3.45. The standard InChI is InChI=1S/C26H37N3O5/c1-18-7-5-8-19(15-18)23(31)29-21(22(30)27-16-20-9-6-14-33-20)17-34-26(29)10-12-28(13-11-26)24(32)25(2,3)4/h5,7-8,15,20-21H,6,9-14,16-17H2,1-4H3,(H,27,30). The lowest BCUT2D eigenvalue weighted by molar-refractivity contribution is -0.150. The molecule has 0 bridgehead atoms. The van der Waals surface area contributed by atoms with Crippen molar-refractivity contribution in [3.8, 4) is 0 Å². The van der Waals surface area contributed by atoms with Crippen molar-refractivity contribution < 1.29 is 23.9 Å². The summed E-state index contributed by atoms with van der Waals surface area (Å²) in [5.74, 6) is -0.349. The van der Waals surface area contributed by atoms with E-state index in [1.165, 1.54) is 0 Å². The number of ether oxygens (including phenoxy) is 2. The van der Waals surface area contributed by atoms with Crippen LogP contribution in [0.5, 0.6) is 0 Å². The number of nitrogens with one attached hydrogen (secondary N) is 1. The van der Waals surface area contributed by atoms with E-state index < -0.39 is 17.2 Å². The minimum atomic E-state index is -0.901. The highest BCUT2D eigenvalue weighted by atomic mass is 16.5. The van der Waals surface area contributed by atoms with Crippen LogP contribution in [0.1, 0.15) is 62.4 Å². The summed E-state index contributed by atoms with van der Waals surface area (Å²) in [6.45, 7) is 9.93. The maximum Gasteiger partial charge on any atom is 0.256 e. The van der Waals surface area contributed by atoms with Gasteiger partial charge in [-0.1, -0.05) is 38.5 Å². The summed E-state index contributed by atoms with van der Waals surface area (Å²) in [6, 6.07) is 6.69. The number of hydrogen-bond acceptors (Lipinski definition) is 5. The molecule has 3 aliphatic rings. The fourth-order valence-electron chi connectivity index (χ4n) is 5.16. The van der Waals surface area contributed by atoms with Crippen LogP contribution in [0, 0.1) is 12.3 Å². The number of aryl methyl sites for hydroxylation is 1. The number of nitrogens with zero attached hydrogens (tertiary/aromatic N) is 2. The van der Waals surface area contributed by atoms with Gasteiger partial charge in [0, 0.05) is 50.1 Å². The second kappa shape index (κ2) is 9.66. The fourth-order valence-corrected chi connectivity index (χ4v) is 5.16. The molecule has 3 amide bonds. The van der Waals surface area contributed by atoms with E-state index in [9.17, 15) is 14.4 Å². The quantitative estimate of drug-likeness (QED) is 0.729. The molecule has 0 aliphatic carbocycles. The summed E-state index contributed by atoms with van der Waals surface area (Å²) in [7, 11) is 0. The van der Waals surface area contributed by atoms with Crippen LogP contribution in [0.2, 0.25) is 0 Å². The lowest BCUT2D eigenvalue weighted by atomic mass is 9.91. The number of benzene rings is 1. The maximum absolute atomic E-state index is 13.8. The monoisotopic (exact) mass is 471 g/mol. The lowest BCUT2D eigenvalue weighted by Crippen LogP contribution is -2.60. The van der Waals surface area contributed by atoms with Crippen LogP contribution in [0.4, 0.5) is 0 Å². The first kappa shape index (κ1) is 24.7. The molecule has 1 N–H and O–H groups in total. The molecule has 3 fully saturated rings. The van der Waals surface area contributed by atoms with E-state index in [2.05, 4.69) is 5.32 Å². The van der Waals surface area contributed by atoms with Gasteiger partial charge in [-0.2, -0.15) is 0 Å². The zero-order valence-electron chi connectivity index (χ0n) is 20.8. The Bertz CT molecular complexity index is 927. The molecule has 8 nitrogen and oxygen atoms in total. The topological polar surface area (TPSA) is 88.2 Å². The minimum absolute atomic E-state index is 0.0211. The summed E-state index contributed by atoms with van der Waals surface area (Å²) in [6.07, 6.45) is 2.89. The van der Waals surface area contributed by atoms with Crippen molar-refractivity contribution >= 4 is 17.7 Å². The molecule has 3 saturated heterocycles. The van der Waals surface area contributed by atoms with Crippen molar-refractivity contribution in [1.29, 1.82) is 0 Å². The Morgan fingerprint density at radius 3 is 2.53 bits per heavy atom. The summed E-state index contributed by atoms with van der Waals surface area (Å²) in [4.78, 5) is 43.3. The first-order valence-electron chi connectivity index (χ1n) is 12.3. The number of rotatable bonds is 4. The van der Waals surface area contributed by atoms with Crippen LogP contribution in [0.25, 0.3) is 0 Å². The van der Waals surface area contributed by atoms with Gasteiger partial charge in [0.05, 0.1) is 12.7 Å². The molecular weight excluding hydrogens is 434 g/mol. The highest BCUT2D eigenvalue weighted by Gasteiger charge is 2.54. The Labute approximate surface area is 201 Å². The van der Waals surface area contributed by atoms with Gasteiger partial charge in [-0.15, -0.1) is 0 Å². The normalized spacial score (nSPS) is 24.5. The molecule has 0 aromatic heterocycles. The van der Waals surface area contributed by atoms with Crippen LogP contribution in [-0.4, -0.2) is 78.2 Å². The van der Waals surface area contributed by atoms with Crippen molar-refractivity contribution in [3.05, 3.63) is 35.4 Å². The van der Waals surface area contributed by atoms with Gasteiger partial charge in [0.1, 0.15) is 11.8 Å². The van der Waals surface area contributed by atoms with E-state index in [0.29, 0.717) is 38.0 Å². The van der Waals surface area contributed by atoms with E-state index in [-0.39, 0.29) is 30.4 Å². The summed E-state index contributed by atoms with van der Waals surface area (Å²) < 4.78 is 11.9. The molecule has 1 aromatic carbocycles. The Morgan fingerprint density at radius 1 is 1.18 bits per heavy atom. The van der Waals surface area contributed by atoms with Crippen molar-refractivity contribution in [1.82, 2.24) is 15.1 Å². The third-order valence-electron chi connectivity index (χ3n) is 7.05. The molecule has 1 spiro atoms. The predicted octanol–water partition coefficient (Wildman–Crippen LogP) is 2.50. The Morgan fingerprint density at radius 2 is 1.91 bits per heavy atom. The SMILES string of the molecule is Cc1cccc(C(=O)N2C(C(=O)NCC3CCCO3)COC23CCN(C(=O)C(C)(C)C)CC3)c1. The van der Waals surface area contributed by atoms with Gasteiger partial charge >= 0.3 is 0 Å². The molecule has 8 heteroatoms. The Balaban J connectivity index is 1.55. The summed E-state index contributed by atoms with van der Waals surface area (Å²) in [5.41, 5.74) is 0.143. The number of piperidine rings is 1. The highest BCUT2D eigenvalue weighted by molar-refractivity contribution is 5.98. The molecule has 1 aromatic rings. The predicted molar refractivity (Wildman–Crippen MR) is 127 cm³/mol. The van der Waals surface area contributed by atoms with Gasteiger partial charge in [-0.05, 0) is 31.9 Å². The van der Waals surface area contributed by atoms with Gasteiger partial charge in [0.15, 0.2) is 0 Å². The molecule has 0 saturated carbocycles. The van der Waals surface area contributed by atoms with E-state index in [1.807, 2.05) is 50.8 Å². The van der Waals surface area contributed by atoms with E-state index in [0.717, 1.165) is 25.0 Å². The van der Waals surface area contributed by atoms with Gasteiger partial charge in [-0.25, -0.2) is 0 Å². The van der Waals surface area contributed by atoms with Crippen LogP contribution < -0.4 is 5.32 Å². The zero-order valence-corrected chi connectivity index (χ0v) is 20.8. The second-order valence-electron chi connectivity index (χ2n) is 10.7. The first-order chi connectivity index (χ1) is 16.1. The Hall–Kier alpha value is -2.45. The van der Waals surface area contributed by atoms with Gasteiger partial charge in [-0.3, -0.25) is 19.3 Å². The molecule has 2 atom stereocenters. The number of hydrogen-bond donors (Lipinski definition) is 1. The molecule has 4 rings (SSSR count). The molecule has 34 heavy (non-hydrogen) atoms. The van der Waals surface area contributed by atoms with Crippen molar-refractivity contribution in [3.63, 3.8) is 0 Å². The first-order valence-corrected chi connectivity index (χ1v) is 12.3. The van der Waals surface area contributed by atoms with Crippen molar-refractivity contribution in [2.75, 3.05) is 32.8 Å². The van der Waals surface area contributed by atoms with Crippen LogP contribution in [0.15, 0.2) is 24.3 Å². The maximum atomic E-state index is 13.8. The Kier molecular flexibility index (Phi) is 7.01. The highest BCUT2D eigenvalue weighted by Crippen LogP contribution is 2.39. The van der Waals surface area contributed by atoms with Crippen molar-refractivity contribution in [2.24, 2.45) is 5.41 Å². The van der Waals surface area contributed by atoms with Gasteiger partial charge < -0.3 is 19.7 Å². The van der Waals surface area contributed by atoms with E-state index in [1.54, 1.807) is 11.0 Å². The third kappa shape index (κ3) is 4.98. The molecule has 3 aliphatic heterocycles. The number of carbonyl (C=O) groups excluding carboxylic acids is 3. The molecular formula is C26H37N3O5. The molecule has 3 heterocycles. The molecule has 2 unspecified atom stereocenters. The largest absolute Gasteiger partial charge is 0.376 e. The molecule has 0 radical (unpaired) electrons. The fraction of sp³-hybridized carbons (Fsp3) is 0.654. The van der Waals surface area contributed by atoms with E-state index in [4.69, 9.17) is 9.47 Å². The average molecular weight is 472 g/mol. The lowest BCUT2D eigenvalue weighted by Gasteiger charge is -2.45. The summed E-state index contributed by atoms with van der Waals surface area (Å²) in [5, 5.41) is 2.98. The molecule has 186 valence electrons.